The van der Waals surface area contributed by atoms with Gasteiger partial charge >= 0.3 is 0 Å². The molecule has 0 aliphatic carbocycles. The van der Waals surface area contributed by atoms with Crippen molar-refractivity contribution in [2.75, 3.05) is 26.4 Å². The Balaban J connectivity index is 1.90. The normalized spacial score (nSPS) is 22.9. The van der Waals surface area contributed by atoms with E-state index < -0.39 is 0 Å². The lowest BCUT2D eigenvalue weighted by molar-refractivity contribution is -0.163. The molecular weight excluding hydrogens is 328 g/mol. The minimum absolute atomic E-state index is 0.351. The molecular formula is C22H38O4. The summed E-state index contributed by atoms with van der Waals surface area (Å²) in [5.41, 5.74) is 2.92. The molecule has 0 radical (unpaired) electrons. The fourth-order valence-corrected chi connectivity index (χ4v) is 3.74. The molecule has 0 amide bonds. The molecule has 2 aliphatic rings. The average molecular weight is 367 g/mol. The van der Waals surface area contributed by atoms with Crippen molar-refractivity contribution in [2.24, 2.45) is 0 Å². The first kappa shape index (κ1) is 21.6. The van der Waals surface area contributed by atoms with E-state index in [9.17, 15) is 0 Å². The standard InChI is InChI=1S/C22H38O4/c1-5-19(11-13-21(7-3)23-15-16-24-21)9-10-20(6-2)12-14-22(8-4)25-17-18-26-22/h9-10H,5-8,11-18H2,1-4H3/b19-9+,20-10+. The van der Waals surface area contributed by atoms with E-state index in [-0.39, 0.29) is 11.6 Å². The first-order valence-corrected chi connectivity index (χ1v) is 10.5. The molecule has 0 saturated carbocycles. The molecule has 0 spiro atoms. The van der Waals surface area contributed by atoms with Crippen LogP contribution in [0, 0.1) is 0 Å². The molecule has 0 aromatic heterocycles. The summed E-state index contributed by atoms with van der Waals surface area (Å²) in [4.78, 5) is 0. The van der Waals surface area contributed by atoms with Gasteiger partial charge in [-0.3, -0.25) is 0 Å². The molecule has 2 rings (SSSR count). The highest BCUT2D eigenvalue weighted by atomic mass is 16.7. The van der Waals surface area contributed by atoms with Gasteiger partial charge in [0.2, 0.25) is 0 Å². The summed E-state index contributed by atoms with van der Waals surface area (Å²) in [5.74, 6) is -0.702. The van der Waals surface area contributed by atoms with Gasteiger partial charge in [0.15, 0.2) is 11.6 Å². The SMILES string of the molecule is CC/C(=C\C=C(/CC)CCC1(CC)OCCO1)CCC1(CC)OCCO1. The second kappa shape index (κ2) is 10.6. The second-order valence-corrected chi connectivity index (χ2v) is 7.28. The summed E-state index contributed by atoms with van der Waals surface area (Å²) in [5, 5.41) is 0. The smallest absolute Gasteiger partial charge is 0.168 e. The molecule has 4 heteroatoms. The number of hydrogen-bond acceptors (Lipinski definition) is 4. The third-order valence-corrected chi connectivity index (χ3v) is 5.82. The van der Waals surface area contributed by atoms with Crippen LogP contribution in [0.15, 0.2) is 23.3 Å². The molecule has 0 N–H and O–H groups in total. The van der Waals surface area contributed by atoms with Gasteiger partial charge in [0.1, 0.15) is 0 Å². The van der Waals surface area contributed by atoms with E-state index >= 15 is 0 Å². The van der Waals surface area contributed by atoms with E-state index in [1.54, 1.807) is 0 Å². The number of allylic oxidation sites excluding steroid dienone is 4. The van der Waals surface area contributed by atoms with Gasteiger partial charge in [0.05, 0.1) is 26.4 Å². The Labute approximate surface area is 159 Å². The number of ether oxygens (including phenoxy) is 4. The van der Waals surface area contributed by atoms with Crippen molar-refractivity contribution in [2.45, 2.75) is 90.6 Å². The van der Waals surface area contributed by atoms with Crippen molar-refractivity contribution in [3.05, 3.63) is 23.3 Å². The highest BCUT2D eigenvalue weighted by molar-refractivity contribution is 5.18. The van der Waals surface area contributed by atoms with Crippen LogP contribution in [0.4, 0.5) is 0 Å². The van der Waals surface area contributed by atoms with Crippen LogP contribution in [0.1, 0.15) is 79.1 Å². The van der Waals surface area contributed by atoms with Gasteiger partial charge in [-0.05, 0) is 38.5 Å². The van der Waals surface area contributed by atoms with E-state index in [0.717, 1.165) is 77.8 Å². The molecule has 2 heterocycles. The Bertz CT molecular complexity index is 425. The predicted molar refractivity (Wildman–Crippen MR) is 105 cm³/mol. The summed E-state index contributed by atoms with van der Waals surface area (Å²) in [6.07, 6.45) is 12.5. The van der Waals surface area contributed by atoms with Crippen LogP contribution in [-0.4, -0.2) is 38.0 Å². The van der Waals surface area contributed by atoms with Gasteiger partial charge in [-0.1, -0.05) is 51.0 Å². The minimum Gasteiger partial charge on any atom is -0.348 e. The van der Waals surface area contributed by atoms with Crippen LogP contribution in [0.2, 0.25) is 0 Å². The zero-order valence-electron chi connectivity index (χ0n) is 17.3. The maximum Gasteiger partial charge on any atom is 0.168 e. The quantitative estimate of drug-likeness (QED) is 0.451. The van der Waals surface area contributed by atoms with Gasteiger partial charge in [-0.25, -0.2) is 0 Å². The maximum atomic E-state index is 5.86. The first-order valence-electron chi connectivity index (χ1n) is 10.5. The van der Waals surface area contributed by atoms with E-state index in [0.29, 0.717) is 0 Å². The van der Waals surface area contributed by atoms with E-state index in [1.165, 1.54) is 11.1 Å². The molecule has 2 fully saturated rings. The Kier molecular flexibility index (Phi) is 8.82. The number of hydrogen-bond donors (Lipinski definition) is 0. The molecule has 0 aromatic carbocycles. The minimum atomic E-state index is -0.351. The Morgan fingerprint density at radius 3 is 1.27 bits per heavy atom. The fraction of sp³-hybridized carbons (Fsp3) is 0.818. The van der Waals surface area contributed by atoms with Crippen LogP contribution >= 0.6 is 0 Å². The largest absolute Gasteiger partial charge is 0.348 e. The van der Waals surface area contributed by atoms with Crippen molar-refractivity contribution in [3.63, 3.8) is 0 Å². The van der Waals surface area contributed by atoms with E-state index in [2.05, 4.69) is 39.8 Å². The molecule has 2 aliphatic heterocycles. The van der Waals surface area contributed by atoms with Crippen molar-refractivity contribution >= 4 is 0 Å². The zero-order chi connectivity index (χ0) is 18.9. The summed E-state index contributed by atoms with van der Waals surface area (Å²) in [6, 6.07) is 0. The van der Waals surface area contributed by atoms with Gasteiger partial charge < -0.3 is 18.9 Å². The molecule has 2 saturated heterocycles. The molecule has 26 heavy (non-hydrogen) atoms. The Morgan fingerprint density at radius 2 is 1.00 bits per heavy atom. The van der Waals surface area contributed by atoms with Gasteiger partial charge in [-0.15, -0.1) is 0 Å². The monoisotopic (exact) mass is 366 g/mol. The highest BCUT2D eigenvalue weighted by Crippen LogP contribution is 2.32. The number of rotatable bonds is 11. The van der Waals surface area contributed by atoms with Crippen molar-refractivity contribution < 1.29 is 18.9 Å². The van der Waals surface area contributed by atoms with Crippen LogP contribution in [0.5, 0.6) is 0 Å². The van der Waals surface area contributed by atoms with Gasteiger partial charge in [0.25, 0.3) is 0 Å². The molecule has 150 valence electrons. The van der Waals surface area contributed by atoms with Crippen LogP contribution in [-0.2, 0) is 18.9 Å². The summed E-state index contributed by atoms with van der Waals surface area (Å²) < 4.78 is 23.4. The summed E-state index contributed by atoms with van der Waals surface area (Å²) in [6.45, 7) is 11.6. The lowest BCUT2D eigenvalue weighted by atomic mass is 9.98. The molecule has 0 atom stereocenters. The third-order valence-electron chi connectivity index (χ3n) is 5.82. The topological polar surface area (TPSA) is 36.9 Å². The molecule has 0 aromatic rings. The van der Waals surface area contributed by atoms with Crippen LogP contribution < -0.4 is 0 Å². The van der Waals surface area contributed by atoms with E-state index in [1.807, 2.05) is 0 Å². The third kappa shape index (κ3) is 5.91. The lowest BCUT2D eigenvalue weighted by Gasteiger charge is -2.26. The van der Waals surface area contributed by atoms with Crippen LogP contribution in [0.3, 0.4) is 0 Å². The first-order chi connectivity index (χ1) is 12.6. The molecule has 4 nitrogen and oxygen atoms in total. The zero-order valence-corrected chi connectivity index (χ0v) is 17.3. The Morgan fingerprint density at radius 1 is 0.654 bits per heavy atom. The van der Waals surface area contributed by atoms with Crippen molar-refractivity contribution in [1.82, 2.24) is 0 Å². The van der Waals surface area contributed by atoms with Gasteiger partial charge in [0, 0.05) is 12.8 Å². The van der Waals surface area contributed by atoms with Crippen molar-refractivity contribution in [3.8, 4) is 0 Å². The highest BCUT2D eigenvalue weighted by Gasteiger charge is 2.35. The van der Waals surface area contributed by atoms with Crippen LogP contribution in [0.25, 0.3) is 0 Å². The average Bonchev–Trinajstić information content (AvgIpc) is 3.34. The Hall–Kier alpha value is -0.680. The summed E-state index contributed by atoms with van der Waals surface area (Å²) in [7, 11) is 0. The predicted octanol–water partition coefficient (Wildman–Crippen LogP) is 5.53. The van der Waals surface area contributed by atoms with E-state index in [4.69, 9.17) is 18.9 Å². The fourth-order valence-electron chi connectivity index (χ4n) is 3.74. The maximum absolute atomic E-state index is 5.86. The molecule has 0 bridgehead atoms. The van der Waals surface area contributed by atoms with Gasteiger partial charge in [-0.2, -0.15) is 0 Å². The second-order valence-electron chi connectivity index (χ2n) is 7.28. The summed E-state index contributed by atoms with van der Waals surface area (Å²) >= 11 is 0. The molecule has 0 unspecified atom stereocenters. The lowest BCUT2D eigenvalue weighted by Crippen LogP contribution is -2.29. The van der Waals surface area contributed by atoms with Crippen molar-refractivity contribution in [1.29, 1.82) is 0 Å².